The van der Waals surface area contributed by atoms with Crippen LogP contribution < -0.4 is 21.9 Å². The van der Waals surface area contributed by atoms with Crippen LogP contribution in [0.2, 0.25) is 0 Å². The van der Waals surface area contributed by atoms with Crippen molar-refractivity contribution >= 4 is 24.3 Å². The fraction of sp³-hybridized carbons (Fsp3) is 0.429. The van der Waals surface area contributed by atoms with Gasteiger partial charge in [0.05, 0.1) is 6.04 Å². The number of aryl methyl sites for hydroxylation is 2. The zero-order chi connectivity index (χ0) is 15.1. The van der Waals surface area contributed by atoms with Crippen molar-refractivity contribution in [2.24, 2.45) is 27.2 Å². The minimum atomic E-state index is -0.101. The van der Waals surface area contributed by atoms with Crippen LogP contribution in [0.5, 0.6) is 5.75 Å². The van der Waals surface area contributed by atoms with E-state index in [0.717, 1.165) is 23.3 Å². The number of nitrogens with zero attached hydrogens (tertiary/aromatic N) is 2. The van der Waals surface area contributed by atoms with Gasteiger partial charge in [0.25, 0.3) is 0 Å². The third-order valence-corrected chi connectivity index (χ3v) is 2.67. The largest absolute Gasteiger partial charge is 0.491 e. The van der Waals surface area contributed by atoms with Crippen molar-refractivity contribution in [2.45, 2.75) is 33.2 Å². The van der Waals surface area contributed by atoms with Gasteiger partial charge in [0, 0.05) is 0 Å². The van der Waals surface area contributed by atoms with Gasteiger partial charge in [-0.25, -0.2) is 4.99 Å². The fourth-order valence-corrected chi connectivity index (χ4v) is 1.80. The summed E-state index contributed by atoms with van der Waals surface area (Å²) in [5.41, 5.74) is 18.4. The topological polar surface area (TPSA) is 112 Å². The molecule has 0 radical (unpaired) electrons. The maximum absolute atomic E-state index is 5.75. The van der Waals surface area contributed by atoms with Crippen molar-refractivity contribution in [1.29, 1.82) is 0 Å². The standard InChI is InChI=1S/C14H23N5O.ClH/c1-4-11(18-14(17)19-13(15)16)8-20-12-6-9(2)5-10(3)7-12;/h5-7,11H,4,8H2,1-3H3,(H6,15,16,17,18,19);1H. The predicted molar refractivity (Wildman–Crippen MR) is 90.2 cm³/mol. The zero-order valence-corrected chi connectivity index (χ0v) is 13.5. The summed E-state index contributed by atoms with van der Waals surface area (Å²) in [6, 6.07) is 5.99. The van der Waals surface area contributed by atoms with Crippen LogP contribution in [0.15, 0.2) is 28.2 Å². The lowest BCUT2D eigenvalue weighted by molar-refractivity contribution is 0.286. The Hall–Kier alpha value is -1.95. The van der Waals surface area contributed by atoms with Crippen molar-refractivity contribution in [3.63, 3.8) is 0 Å². The molecule has 21 heavy (non-hydrogen) atoms. The molecule has 0 aromatic heterocycles. The number of hydrogen-bond donors (Lipinski definition) is 3. The monoisotopic (exact) mass is 313 g/mol. The van der Waals surface area contributed by atoms with E-state index in [0.29, 0.717) is 6.61 Å². The second kappa shape index (κ2) is 9.07. The van der Waals surface area contributed by atoms with Crippen LogP contribution in [0.25, 0.3) is 0 Å². The van der Waals surface area contributed by atoms with Gasteiger partial charge >= 0.3 is 0 Å². The van der Waals surface area contributed by atoms with Crippen molar-refractivity contribution in [1.82, 2.24) is 0 Å². The van der Waals surface area contributed by atoms with Crippen LogP contribution in [0.4, 0.5) is 0 Å². The van der Waals surface area contributed by atoms with Gasteiger partial charge in [-0.2, -0.15) is 4.99 Å². The number of nitrogens with two attached hydrogens (primary N) is 3. The lowest BCUT2D eigenvalue weighted by Crippen LogP contribution is -2.28. The van der Waals surface area contributed by atoms with E-state index in [-0.39, 0.29) is 30.4 Å². The van der Waals surface area contributed by atoms with Crippen LogP contribution >= 0.6 is 12.4 Å². The van der Waals surface area contributed by atoms with Gasteiger partial charge < -0.3 is 21.9 Å². The molecule has 118 valence electrons. The molecule has 0 saturated heterocycles. The van der Waals surface area contributed by atoms with Crippen molar-refractivity contribution < 1.29 is 4.74 Å². The number of benzene rings is 1. The molecule has 0 saturated carbocycles. The third kappa shape index (κ3) is 7.41. The number of aliphatic imine (C=N–C) groups is 2. The summed E-state index contributed by atoms with van der Waals surface area (Å²) in [5.74, 6) is 0.800. The number of halogens is 1. The summed E-state index contributed by atoms with van der Waals surface area (Å²) in [6.07, 6.45) is 0.783. The Kier molecular flexibility index (Phi) is 8.23. The molecule has 0 aliphatic heterocycles. The molecule has 1 aromatic rings. The Morgan fingerprint density at radius 2 is 1.71 bits per heavy atom. The SMILES string of the molecule is CCC(COc1cc(C)cc(C)c1)N=C(N)N=C(N)N.Cl. The molecule has 0 bridgehead atoms. The second-order valence-corrected chi connectivity index (χ2v) is 4.72. The van der Waals surface area contributed by atoms with Crippen LogP contribution in [0, 0.1) is 13.8 Å². The Morgan fingerprint density at radius 1 is 1.14 bits per heavy atom. The van der Waals surface area contributed by atoms with Gasteiger partial charge in [-0.15, -0.1) is 12.4 Å². The number of hydrogen-bond acceptors (Lipinski definition) is 2. The molecule has 1 aromatic carbocycles. The van der Waals surface area contributed by atoms with E-state index in [1.807, 2.05) is 32.9 Å². The first kappa shape index (κ1) is 19.1. The van der Waals surface area contributed by atoms with E-state index in [4.69, 9.17) is 21.9 Å². The first-order valence-corrected chi connectivity index (χ1v) is 6.54. The molecule has 1 rings (SSSR count). The molecule has 0 fully saturated rings. The lowest BCUT2D eigenvalue weighted by atomic mass is 10.1. The minimum Gasteiger partial charge on any atom is -0.491 e. The summed E-state index contributed by atoms with van der Waals surface area (Å²) in [6.45, 7) is 6.50. The van der Waals surface area contributed by atoms with E-state index >= 15 is 0 Å². The molecule has 7 heteroatoms. The molecule has 0 aliphatic rings. The van der Waals surface area contributed by atoms with Crippen LogP contribution in [0.1, 0.15) is 24.5 Å². The summed E-state index contributed by atoms with van der Waals surface area (Å²) in [7, 11) is 0. The Balaban J connectivity index is 0.00000400. The quantitative estimate of drug-likeness (QED) is 0.564. The van der Waals surface area contributed by atoms with Gasteiger partial charge in [-0.3, -0.25) is 0 Å². The highest BCUT2D eigenvalue weighted by molar-refractivity contribution is 5.92. The highest BCUT2D eigenvalue weighted by Crippen LogP contribution is 2.17. The smallest absolute Gasteiger partial charge is 0.218 e. The molecule has 6 N–H and O–H groups in total. The predicted octanol–water partition coefficient (Wildman–Crippen LogP) is 1.47. The minimum absolute atomic E-state index is 0. The van der Waals surface area contributed by atoms with Gasteiger partial charge in [0.2, 0.25) is 5.96 Å². The average molecular weight is 314 g/mol. The second-order valence-electron chi connectivity index (χ2n) is 4.72. The Morgan fingerprint density at radius 3 is 2.19 bits per heavy atom. The van der Waals surface area contributed by atoms with Crippen molar-refractivity contribution in [3.8, 4) is 5.75 Å². The number of guanidine groups is 2. The molecule has 1 unspecified atom stereocenters. The summed E-state index contributed by atoms with van der Waals surface area (Å²) in [5, 5.41) is 0. The molecule has 1 atom stereocenters. The van der Waals surface area contributed by atoms with Crippen molar-refractivity contribution in [3.05, 3.63) is 29.3 Å². The van der Waals surface area contributed by atoms with Gasteiger partial charge in [-0.05, 0) is 43.5 Å². The average Bonchev–Trinajstić information content (AvgIpc) is 2.32. The molecule has 6 nitrogen and oxygen atoms in total. The van der Waals surface area contributed by atoms with Gasteiger partial charge in [0.1, 0.15) is 12.4 Å². The van der Waals surface area contributed by atoms with E-state index in [2.05, 4.69) is 16.1 Å². The first-order chi connectivity index (χ1) is 9.40. The van der Waals surface area contributed by atoms with Crippen LogP contribution in [0.3, 0.4) is 0 Å². The molecule has 0 amide bonds. The number of ether oxygens (including phenoxy) is 1. The van der Waals surface area contributed by atoms with E-state index < -0.39 is 0 Å². The fourth-order valence-electron chi connectivity index (χ4n) is 1.80. The lowest BCUT2D eigenvalue weighted by Gasteiger charge is -2.13. The van der Waals surface area contributed by atoms with E-state index in [9.17, 15) is 0 Å². The highest BCUT2D eigenvalue weighted by atomic mass is 35.5. The highest BCUT2D eigenvalue weighted by Gasteiger charge is 2.07. The van der Waals surface area contributed by atoms with Crippen LogP contribution in [-0.2, 0) is 0 Å². The van der Waals surface area contributed by atoms with E-state index in [1.54, 1.807) is 0 Å². The maximum atomic E-state index is 5.75. The molecule has 0 spiro atoms. The van der Waals surface area contributed by atoms with E-state index in [1.165, 1.54) is 0 Å². The molecular formula is C14H24ClN5O. The summed E-state index contributed by atoms with van der Waals surface area (Å²) < 4.78 is 5.75. The Labute approximate surface area is 131 Å². The third-order valence-electron chi connectivity index (χ3n) is 2.67. The number of rotatable bonds is 5. The maximum Gasteiger partial charge on any atom is 0.218 e. The summed E-state index contributed by atoms with van der Waals surface area (Å²) >= 11 is 0. The summed E-state index contributed by atoms with van der Waals surface area (Å²) in [4.78, 5) is 7.91. The van der Waals surface area contributed by atoms with Crippen LogP contribution in [-0.4, -0.2) is 24.6 Å². The van der Waals surface area contributed by atoms with Gasteiger partial charge in [0.15, 0.2) is 5.96 Å². The van der Waals surface area contributed by atoms with Crippen molar-refractivity contribution in [2.75, 3.05) is 6.61 Å². The first-order valence-electron chi connectivity index (χ1n) is 6.54. The van der Waals surface area contributed by atoms with Gasteiger partial charge in [-0.1, -0.05) is 13.0 Å². The zero-order valence-electron chi connectivity index (χ0n) is 12.7. The molecule has 0 aliphatic carbocycles. The normalized spacial score (nSPS) is 12.2. The molecule has 0 heterocycles. The Bertz CT molecular complexity index is 492. The molecular weight excluding hydrogens is 290 g/mol.